The van der Waals surface area contributed by atoms with Crippen molar-refractivity contribution < 1.29 is 9.92 Å². The first kappa shape index (κ1) is 8.80. The van der Waals surface area contributed by atoms with Crippen molar-refractivity contribution in [3.05, 3.63) is 39.9 Å². The summed E-state index contributed by atoms with van der Waals surface area (Å²) in [5.41, 5.74) is 2.10. The van der Waals surface area contributed by atoms with Gasteiger partial charge in [0.05, 0.1) is 0 Å². The Morgan fingerprint density at radius 1 is 1.50 bits per heavy atom. The first-order chi connectivity index (χ1) is 6.75. The molecule has 0 amide bonds. The van der Waals surface area contributed by atoms with Crippen molar-refractivity contribution in [1.82, 2.24) is 0 Å². The molecule has 0 spiro atoms. The highest BCUT2D eigenvalue weighted by molar-refractivity contribution is 5.53. The zero-order chi connectivity index (χ0) is 9.97. The summed E-state index contributed by atoms with van der Waals surface area (Å²) in [6.45, 7) is 0. The van der Waals surface area contributed by atoms with Crippen LogP contribution >= 0.6 is 0 Å². The maximum Gasteiger partial charge on any atom is 0.296 e. The van der Waals surface area contributed by atoms with Crippen molar-refractivity contribution in [2.45, 2.75) is 19.1 Å². The molecule has 0 aliphatic carbocycles. The lowest BCUT2D eigenvalue weighted by atomic mass is 10.0. The van der Waals surface area contributed by atoms with E-state index in [1.807, 2.05) is 24.3 Å². The van der Waals surface area contributed by atoms with Gasteiger partial charge in [0.15, 0.2) is 6.23 Å². The Morgan fingerprint density at radius 3 is 3.07 bits per heavy atom. The average Bonchev–Trinajstić information content (AvgIpc) is 2.17. The van der Waals surface area contributed by atoms with Crippen LogP contribution in [-0.2, 0) is 11.3 Å². The van der Waals surface area contributed by atoms with Crippen molar-refractivity contribution >= 4 is 5.69 Å². The van der Waals surface area contributed by atoms with E-state index in [0.717, 1.165) is 12.1 Å². The summed E-state index contributed by atoms with van der Waals surface area (Å²) in [6.07, 6.45) is 0.916. The maximum absolute atomic E-state index is 10.1. The lowest BCUT2D eigenvalue weighted by Gasteiger charge is -2.24. The molecule has 1 aliphatic rings. The molecule has 1 aromatic rings. The van der Waals surface area contributed by atoms with Gasteiger partial charge in [-0.15, -0.1) is 10.1 Å². The van der Waals surface area contributed by atoms with E-state index in [1.165, 1.54) is 5.56 Å². The van der Waals surface area contributed by atoms with Crippen LogP contribution in [0.5, 0.6) is 0 Å². The molecule has 1 aromatic carbocycles. The van der Waals surface area contributed by atoms with Gasteiger partial charge in [0.2, 0.25) is 0 Å². The van der Waals surface area contributed by atoms with Crippen molar-refractivity contribution in [3.8, 4) is 0 Å². The Bertz CT molecular complexity index is 354. The summed E-state index contributed by atoms with van der Waals surface area (Å²) in [6, 6.07) is 7.74. The van der Waals surface area contributed by atoms with Gasteiger partial charge >= 0.3 is 0 Å². The minimum Gasteiger partial charge on any atom is -0.360 e. The second-order valence-electron chi connectivity index (χ2n) is 3.16. The summed E-state index contributed by atoms with van der Waals surface area (Å²) in [7, 11) is 0. The Kier molecular flexibility index (Phi) is 2.22. The van der Waals surface area contributed by atoms with Gasteiger partial charge in [0.1, 0.15) is 0 Å². The lowest BCUT2D eigenvalue weighted by Crippen LogP contribution is -2.30. The second kappa shape index (κ2) is 3.53. The van der Waals surface area contributed by atoms with Gasteiger partial charge in [-0.1, -0.05) is 18.2 Å². The second-order valence-corrected chi connectivity index (χ2v) is 3.16. The van der Waals surface area contributed by atoms with Crippen molar-refractivity contribution in [3.63, 3.8) is 0 Å². The van der Waals surface area contributed by atoms with E-state index in [9.17, 15) is 10.1 Å². The monoisotopic (exact) mass is 194 g/mol. The standard InChI is InChI=1S/C9H10N2O3/c12-11(13)14-9-6-5-7-3-1-2-4-8(7)10-9/h1-4,9-10H,5-6H2. The topological polar surface area (TPSA) is 64.4 Å². The molecule has 1 atom stereocenters. The number of hydrogen-bond donors (Lipinski definition) is 1. The Hall–Kier alpha value is -1.78. The zero-order valence-electron chi connectivity index (χ0n) is 7.47. The molecule has 2 rings (SSSR count). The summed E-state index contributed by atoms with van der Waals surface area (Å²) < 4.78 is 0. The minimum atomic E-state index is -0.758. The molecule has 1 N–H and O–H groups in total. The Morgan fingerprint density at radius 2 is 2.29 bits per heavy atom. The van der Waals surface area contributed by atoms with E-state index in [4.69, 9.17) is 0 Å². The minimum absolute atomic E-state index is 0.514. The van der Waals surface area contributed by atoms with Gasteiger partial charge in [0.25, 0.3) is 5.09 Å². The van der Waals surface area contributed by atoms with E-state index >= 15 is 0 Å². The van der Waals surface area contributed by atoms with Crippen LogP contribution in [0.25, 0.3) is 0 Å². The number of para-hydroxylation sites is 1. The number of aryl methyl sites for hydroxylation is 1. The predicted molar refractivity (Wildman–Crippen MR) is 50.3 cm³/mol. The summed E-state index contributed by atoms with van der Waals surface area (Å²) >= 11 is 0. The van der Waals surface area contributed by atoms with Crippen LogP contribution in [0.4, 0.5) is 5.69 Å². The van der Waals surface area contributed by atoms with Crippen molar-refractivity contribution in [1.29, 1.82) is 0 Å². The highest BCUT2D eigenvalue weighted by Gasteiger charge is 2.19. The number of nitrogens with one attached hydrogen (secondary N) is 1. The van der Waals surface area contributed by atoms with Crippen LogP contribution in [0, 0.1) is 10.1 Å². The van der Waals surface area contributed by atoms with E-state index in [-0.39, 0.29) is 0 Å². The normalized spacial score (nSPS) is 19.3. The molecule has 1 unspecified atom stereocenters. The molecule has 14 heavy (non-hydrogen) atoms. The summed E-state index contributed by atoms with van der Waals surface area (Å²) in [5.74, 6) is 0. The van der Waals surface area contributed by atoms with Gasteiger partial charge in [0, 0.05) is 5.69 Å². The first-order valence-electron chi connectivity index (χ1n) is 4.41. The molecule has 0 saturated heterocycles. The van der Waals surface area contributed by atoms with Crippen LogP contribution in [-0.4, -0.2) is 11.3 Å². The quantitative estimate of drug-likeness (QED) is 0.573. The molecule has 0 aromatic heterocycles. The Balaban J connectivity index is 2.09. The third-order valence-electron chi connectivity index (χ3n) is 2.22. The third-order valence-corrected chi connectivity index (χ3v) is 2.22. The predicted octanol–water partition coefficient (Wildman–Crippen LogP) is 1.58. The molecule has 1 heterocycles. The van der Waals surface area contributed by atoms with Gasteiger partial charge in [-0.2, -0.15) is 0 Å². The SMILES string of the molecule is O=[N+]([O-])OC1CCc2ccccc2N1. The molecule has 0 radical (unpaired) electrons. The fraction of sp³-hybridized carbons (Fsp3) is 0.333. The van der Waals surface area contributed by atoms with Crippen molar-refractivity contribution in [2.75, 3.05) is 5.32 Å². The summed E-state index contributed by atoms with van der Waals surface area (Å²) in [4.78, 5) is 14.6. The fourth-order valence-corrected chi connectivity index (χ4v) is 1.59. The van der Waals surface area contributed by atoms with Crippen LogP contribution in [0.15, 0.2) is 24.3 Å². The highest BCUT2D eigenvalue weighted by Crippen LogP contribution is 2.24. The van der Waals surface area contributed by atoms with Crippen LogP contribution in [0.2, 0.25) is 0 Å². The number of hydrogen-bond acceptors (Lipinski definition) is 4. The molecule has 74 valence electrons. The molecule has 5 heteroatoms. The van der Waals surface area contributed by atoms with E-state index in [1.54, 1.807) is 0 Å². The molecular formula is C9H10N2O3. The molecule has 5 nitrogen and oxygen atoms in total. The number of nitrogens with zero attached hydrogens (tertiary/aromatic N) is 1. The van der Waals surface area contributed by atoms with Crippen LogP contribution in [0.1, 0.15) is 12.0 Å². The van der Waals surface area contributed by atoms with Gasteiger partial charge in [-0.3, -0.25) is 4.84 Å². The van der Waals surface area contributed by atoms with E-state index in [0.29, 0.717) is 6.42 Å². The molecule has 0 saturated carbocycles. The van der Waals surface area contributed by atoms with E-state index < -0.39 is 11.3 Å². The largest absolute Gasteiger partial charge is 0.360 e. The number of rotatable bonds is 2. The Labute approximate surface area is 80.8 Å². The zero-order valence-corrected chi connectivity index (χ0v) is 7.47. The smallest absolute Gasteiger partial charge is 0.296 e. The molecular weight excluding hydrogens is 184 g/mol. The van der Waals surface area contributed by atoms with Crippen molar-refractivity contribution in [2.24, 2.45) is 0 Å². The maximum atomic E-state index is 10.1. The van der Waals surface area contributed by atoms with Crippen LogP contribution in [0.3, 0.4) is 0 Å². The van der Waals surface area contributed by atoms with Gasteiger partial charge in [-0.25, -0.2) is 0 Å². The first-order valence-corrected chi connectivity index (χ1v) is 4.41. The third kappa shape index (κ3) is 1.76. The fourth-order valence-electron chi connectivity index (χ4n) is 1.59. The van der Waals surface area contributed by atoms with Crippen LogP contribution < -0.4 is 5.32 Å². The number of anilines is 1. The molecule has 0 fully saturated rings. The molecule has 1 aliphatic heterocycles. The van der Waals surface area contributed by atoms with E-state index in [2.05, 4.69) is 10.2 Å². The number of benzene rings is 1. The molecule has 0 bridgehead atoms. The lowest BCUT2D eigenvalue weighted by molar-refractivity contribution is -0.767. The number of fused-ring (bicyclic) bond motifs is 1. The average molecular weight is 194 g/mol. The van der Waals surface area contributed by atoms with Gasteiger partial charge in [-0.05, 0) is 24.5 Å². The highest BCUT2D eigenvalue weighted by atomic mass is 17.0. The summed E-state index contributed by atoms with van der Waals surface area (Å²) in [5, 5.41) is 12.3. The van der Waals surface area contributed by atoms with Gasteiger partial charge < -0.3 is 5.32 Å².